The van der Waals surface area contributed by atoms with Crippen molar-refractivity contribution in [1.82, 2.24) is 4.90 Å². The van der Waals surface area contributed by atoms with Crippen molar-refractivity contribution in [3.05, 3.63) is 18.2 Å². The third-order valence-electron chi connectivity index (χ3n) is 3.80. The van der Waals surface area contributed by atoms with E-state index in [2.05, 4.69) is 17.3 Å². The van der Waals surface area contributed by atoms with Gasteiger partial charge in [0.25, 0.3) is 0 Å². The lowest BCUT2D eigenvalue weighted by Gasteiger charge is -2.32. The molecule has 1 saturated heterocycles. The van der Waals surface area contributed by atoms with Gasteiger partial charge in [0.2, 0.25) is 10.0 Å². The largest absolute Gasteiger partial charge is 0.397 e. The molecule has 1 heterocycles. The molecule has 1 aromatic carbocycles. The Bertz CT molecular complexity index is 574. The number of likely N-dealkylation sites (tertiary alicyclic amines) is 1. The first kappa shape index (κ1) is 15.1. The molecule has 1 unspecified atom stereocenters. The molecule has 0 aromatic heterocycles. The van der Waals surface area contributed by atoms with E-state index in [0.29, 0.717) is 11.7 Å². The molecule has 6 nitrogen and oxygen atoms in total. The zero-order chi connectivity index (χ0) is 14.8. The van der Waals surface area contributed by atoms with Gasteiger partial charge in [-0.3, -0.25) is 0 Å². The van der Waals surface area contributed by atoms with E-state index in [0.717, 1.165) is 18.8 Å². The van der Waals surface area contributed by atoms with E-state index in [9.17, 15) is 8.42 Å². The number of hydrogen-bond donors (Lipinski definition) is 3. The molecule has 0 spiro atoms. The topological polar surface area (TPSA) is 101 Å². The summed E-state index contributed by atoms with van der Waals surface area (Å²) < 4.78 is 22.5. The number of hydrogen-bond acceptors (Lipinski definition) is 5. The van der Waals surface area contributed by atoms with Crippen LogP contribution in [0.3, 0.4) is 0 Å². The van der Waals surface area contributed by atoms with Crippen LogP contribution in [0.4, 0.5) is 11.4 Å². The number of benzene rings is 1. The lowest BCUT2D eigenvalue weighted by molar-refractivity contribution is 0.194. The fourth-order valence-corrected chi connectivity index (χ4v) is 3.06. The number of rotatable bonds is 4. The third-order valence-corrected chi connectivity index (χ3v) is 4.71. The van der Waals surface area contributed by atoms with Crippen LogP contribution in [0.25, 0.3) is 0 Å². The summed E-state index contributed by atoms with van der Waals surface area (Å²) in [7, 11) is -1.58. The van der Waals surface area contributed by atoms with E-state index in [1.807, 2.05) is 0 Å². The van der Waals surface area contributed by atoms with Crippen LogP contribution in [0, 0.1) is 0 Å². The number of nitrogen functional groups attached to an aromatic ring is 1. The monoisotopic (exact) mass is 298 g/mol. The number of sulfonamides is 1. The second-order valence-electron chi connectivity index (χ2n) is 5.31. The fourth-order valence-electron chi connectivity index (χ4n) is 2.51. The van der Waals surface area contributed by atoms with Crippen LogP contribution >= 0.6 is 0 Å². The predicted octanol–water partition coefficient (Wildman–Crippen LogP) is 0.812. The number of primary sulfonamides is 1. The number of anilines is 2. The second-order valence-corrected chi connectivity index (χ2v) is 6.87. The van der Waals surface area contributed by atoms with Gasteiger partial charge in [0.05, 0.1) is 16.3 Å². The highest BCUT2D eigenvalue weighted by Gasteiger charge is 2.18. The normalized spacial score (nSPS) is 20.8. The molecule has 20 heavy (non-hydrogen) atoms. The van der Waals surface area contributed by atoms with Crippen LogP contribution < -0.4 is 16.2 Å². The minimum absolute atomic E-state index is 0.0373. The Morgan fingerprint density at radius 2 is 2.15 bits per heavy atom. The van der Waals surface area contributed by atoms with Gasteiger partial charge in [-0.25, -0.2) is 13.6 Å². The van der Waals surface area contributed by atoms with Crippen LogP contribution in [0.15, 0.2) is 23.1 Å². The molecule has 1 aliphatic heterocycles. The minimum atomic E-state index is -3.70. The highest BCUT2D eigenvalue weighted by atomic mass is 32.2. The molecule has 7 heteroatoms. The summed E-state index contributed by atoms with van der Waals surface area (Å²) in [5.41, 5.74) is 7.02. The first-order valence-electron chi connectivity index (χ1n) is 6.74. The molecule has 0 bridgehead atoms. The first-order valence-corrected chi connectivity index (χ1v) is 8.29. The average Bonchev–Trinajstić information content (AvgIpc) is 2.38. The number of likely N-dealkylation sites (N-methyl/N-ethyl adjacent to an activating group) is 1. The van der Waals surface area contributed by atoms with Gasteiger partial charge in [-0.1, -0.05) is 6.42 Å². The highest BCUT2D eigenvalue weighted by Crippen LogP contribution is 2.23. The number of nitrogens with one attached hydrogen (secondary N) is 1. The summed E-state index contributed by atoms with van der Waals surface area (Å²) >= 11 is 0. The SMILES string of the molecule is CN1CCCCC1CNc1ccc(S(N)(=O)=O)cc1N. The molecule has 1 fully saturated rings. The second kappa shape index (κ2) is 5.99. The van der Waals surface area contributed by atoms with Crippen LogP contribution in [-0.4, -0.2) is 39.5 Å². The van der Waals surface area contributed by atoms with Crippen LogP contribution in [0.1, 0.15) is 19.3 Å². The standard InChI is InChI=1S/C13H22N4O2S/c1-17-7-3-2-4-10(17)9-16-13-6-5-11(8-12(13)14)20(15,18)19/h5-6,8,10,16H,2-4,7,9,14H2,1H3,(H2,15,18,19). The predicted molar refractivity (Wildman–Crippen MR) is 81.0 cm³/mol. The van der Waals surface area contributed by atoms with Crippen molar-refractivity contribution < 1.29 is 8.42 Å². The number of piperidine rings is 1. The zero-order valence-corrected chi connectivity index (χ0v) is 12.5. The molecule has 1 atom stereocenters. The van der Waals surface area contributed by atoms with Crippen molar-refractivity contribution in [3.8, 4) is 0 Å². The van der Waals surface area contributed by atoms with E-state index in [-0.39, 0.29) is 4.90 Å². The highest BCUT2D eigenvalue weighted by molar-refractivity contribution is 7.89. The maximum absolute atomic E-state index is 11.2. The molecule has 0 radical (unpaired) electrons. The van der Waals surface area contributed by atoms with Crippen LogP contribution in [-0.2, 0) is 10.0 Å². The summed E-state index contributed by atoms with van der Waals surface area (Å²) in [6, 6.07) is 5.01. The molecule has 5 N–H and O–H groups in total. The van der Waals surface area contributed by atoms with E-state index < -0.39 is 10.0 Å². The average molecular weight is 298 g/mol. The molecular weight excluding hydrogens is 276 g/mol. The quantitative estimate of drug-likeness (QED) is 0.714. The summed E-state index contributed by atoms with van der Waals surface area (Å²) in [6.07, 6.45) is 3.66. The Morgan fingerprint density at radius 3 is 2.75 bits per heavy atom. The van der Waals surface area contributed by atoms with Crippen molar-refractivity contribution in [2.24, 2.45) is 5.14 Å². The van der Waals surface area contributed by atoms with Gasteiger partial charge in [0.15, 0.2) is 0 Å². The summed E-state index contributed by atoms with van der Waals surface area (Å²) in [5.74, 6) is 0. The Labute approximate surface area is 120 Å². The molecule has 0 saturated carbocycles. The Kier molecular flexibility index (Phi) is 4.52. The van der Waals surface area contributed by atoms with Crippen LogP contribution in [0.2, 0.25) is 0 Å². The van der Waals surface area contributed by atoms with Crippen LogP contribution in [0.5, 0.6) is 0 Å². The van der Waals surface area contributed by atoms with E-state index in [1.54, 1.807) is 6.07 Å². The van der Waals surface area contributed by atoms with Crippen molar-refractivity contribution in [2.45, 2.75) is 30.2 Å². The number of nitrogens with zero attached hydrogens (tertiary/aromatic N) is 1. The van der Waals surface area contributed by atoms with Gasteiger partial charge < -0.3 is 16.0 Å². The van der Waals surface area contributed by atoms with Crippen molar-refractivity contribution in [3.63, 3.8) is 0 Å². The van der Waals surface area contributed by atoms with Gasteiger partial charge in [0.1, 0.15) is 0 Å². The lowest BCUT2D eigenvalue weighted by atomic mass is 10.0. The van der Waals surface area contributed by atoms with Crippen molar-refractivity contribution in [2.75, 3.05) is 31.2 Å². The Morgan fingerprint density at radius 1 is 1.40 bits per heavy atom. The van der Waals surface area contributed by atoms with Gasteiger partial charge >= 0.3 is 0 Å². The van der Waals surface area contributed by atoms with E-state index in [4.69, 9.17) is 10.9 Å². The van der Waals surface area contributed by atoms with E-state index in [1.165, 1.54) is 31.4 Å². The van der Waals surface area contributed by atoms with Crippen molar-refractivity contribution >= 4 is 21.4 Å². The molecule has 0 amide bonds. The summed E-state index contributed by atoms with van der Waals surface area (Å²) in [4.78, 5) is 2.38. The molecule has 1 aromatic rings. The minimum Gasteiger partial charge on any atom is -0.397 e. The number of nitrogens with two attached hydrogens (primary N) is 2. The smallest absolute Gasteiger partial charge is 0.238 e. The fraction of sp³-hybridized carbons (Fsp3) is 0.538. The molecule has 112 valence electrons. The molecule has 1 aliphatic rings. The van der Waals surface area contributed by atoms with Gasteiger partial charge in [-0.15, -0.1) is 0 Å². The summed E-state index contributed by atoms with van der Waals surface area (Å²) in [5, 5.41) is 8.36. The van der Waals surface area contributed by atoms with Gasteiger partial charge in [-0.05, 0) is 44.6 Å². The maximum atomic E-state index is 11.2. The maximum Gasteiger partial charge on any atom is 0.238 e. The lowest BCUT2D eigenvalue weighted by Crippen LogP contribution is -2.40. The van der Waals surface area contributed by atoms with E-state index >= 15 is 0 Å². The Balaban J connectivity index is 2.03. The van der Waals surface area contributed by atoms with Gasteiger partial charge in [-0.2, -0.15) is 0 Å². The summed E-state index contributed by atoms with van der Waals surface area (Å²) in [6.45, 7) is 1.92. The molecule has 0 aliphatic carbocycles. The molecule has 2 rings (SSSR count). The van der Waals surface area contributed by atoms with Crippen molar-refractivity contribution in [1.29, 1.82) is 0 Å². The first-order chi connectivity index (χ1) is 9.38. The zero-order valence-electron chi connectivity index (χ0n) is 11.7. The van der Waals surface area contributed by atoms with Gasteiger partial charge in [0, 0.05) is 12.6 Å². The Hall–Kier alpha value is -1.31. The molecular formula is C13H22N4O2S. The third kappa shape index (κ3) is 3.62.